The summed E-state index contributed by atoms with van der Waals surface area (Å²) in [6.07, 6.45) is 5.80. The van der Waals surface area contributed by atoms with Crippen molar-refractivity contribution in [1.29, 1.82) is 0 Å². The third-order valence-electron chi connectivity index (χ3n) is 5.74. The minimum atomic E-state index is -0.317. The van der Waals surface area contributed by atoms with E-state index in [2.05, 4.69) is 11.9 Å². The number of Topliss-reactive ketones (excluding diaryl/α,β-unsaturated/α-hetero) is 1. The van der Waals surface area contributed by atoms with Crippen molar-refractivity contribution in [3.63, 3.8) is 0 Å². The summed E-state index contributed by atoms with van der Waals surface area (Å²) in [7, 11) is 2.13. The molecule has 0 spiro atoms. The molecule has 2 aromatic rings. The van der Waals surface area contributed by atoms with Crippen LogP contribution in [-0.4, -0.2) is 30.3 Å². The number of hydrogen-bond acceptors (Lipinski definition) is 2. The molecule has 0 heterocycles. The summed E-state index contributed by atoms with van der Waals surface area (Å²) >= 11 is 0. The lowest BCUT2D eigenvalue weighted by Crippen LogP contribution is -2.35. The van der Waals surface area contributed by atoms with Crippen molar-refractivity contribution >= 4 is 5.78 Å². The zero-order valence-corrected chi connectivity index (χ0v) is 15.8. The van der Waals surface area contributed by atoms with Crippen molar-refractivity contribution in [2.75, 3.05) is 13.6 Å². The Morgan fingerprint density at radius 1 is 0.926 bits per heavy atom. The van der Waals surface area contributed by atoms with Gasteiger partial charge in [0.15, 0.2) is 5.78 Å². The fourth-order valence-corrected chi connectivity index (χ4v) is 4.04. The number of halogens is 2. The highest BCUT2D eigenvalue weighted by Gasteiger charge is 2.24. The highest BCUT2D eigenvalue weighted by Crippen LogP contribution is 2.34. The summed E-state index contributed by atoms with van der Waals surface area (Å²) in [5.74, 6) is 0.101. The number of hydrogen-bond donors (Lipinski definition) is 0. The van der Waals surface area contributed by atoms with Crippen LogP contribution in [-0.2, 0) is 0 Å². The van der Waals surface area contributed by atoms with E-state index in [9.17, 15) is 13.6 Å². The van der Waals surface area contributed by atoms with Gasteiger partial charge in [0.25, 0.3) is 0 Å². The average molecular weight is 371 g/mol. The Labute approximate surface area is 160 Å². The SMILES string of the molecule is CN(CCCC(=O)c1ccc(F)cc1)C1CCC(c2ccc(F)cc2)CC1. The third kappa shape index (κ3) is 5.46. The van der Waals surface area contributed by atoms with Crippen LogP contribution < -0.4 is 0 Å². The summed E-state index contributed by atoms with van der Waals surface area (Å²) in [6.45, 7) is 0.888. The Morgan fingerprint density at radius 2 is 1.48 bits per heavy atom. The topological polar surface area (TPSA) is 20.3 Å². The summed E-state index contributed by atoms with van der Waals surface area (Å²) in [5.41, 5.74) is 1.82. The van der Waals surface area contributed by atoms with Crippen molar-refractivity contribution in [1.82, 2.24) is 4.90 Å². The van der Waals surface area contributed by atoms with Crippen molar-refractivity contribution < 1.29 is 13.6 Å². The second-order valence-corrected chi connectivity index (χ2v) is 7.57. The van der Waals surface area contributed by atoms with Gasteiger partial charge in [-0.3, -0.25) is 4.79 Å². The Morgan fingerprint density at radius 3 is 2.07 bits per heavy atom. The molecule has 0 bridgehead atoms. The van der Waals surface area contributed by atoms with Crippen LogP contribution >= 0.6 is 0 Å². The van der Waals surface area contributed by atoms with Crippen LogP contribution in [0.25, 0.3) is 0 Å². The number of benzene rings is 2. The van der Waals surface area contributed by atoms with Gasteiger partial charge < -0.3 is 4.90 Å². The van der Waals surface area contributed by atoms with Gasteiger partial charge in [0.05, 0.1) is 0 Å². The molecule has 144 valence electrons. The zero-order chi connectivity index (χ0) is 19.2. The third-order valence-corrected chi connectivity index (χ3v) is 5.74. The maximum atomic E-state index is 13.1. The molecule has 0 saturated heterocycles. The van der Waals surface area contributed by atoms with Gasteiger partial charge in [-0.05, 0) is 93.6 Å². The number of ketones is 1. The predicted molar refractivity (Wildman–Crippen MR) is 104 cm³/mol. The smallest absolute Gasteiger partial charge is 0.162 e. The standard InChI is InChI=1S/C23H27F2NO/c1-26(16-2-3-23(27)19-6-12-21(25)13-7-19)22-14-8-18(9-15-22)17-4-10-20(24)11-5-17/h4-7,10-13,18,22H,2-3,8-9,14-16H2,1H3. The average Bonchev–Trinajstić information content (AvgIpc) is 2.69. The first-order valence-electron chi connectivity index (χ1n) is 9.77. The normalized spacial score (nSPS) is 20.0. The summed E-state index contributed by atoms with van der Waals surface area (Å²) in [6, 6.07) is 13.2. The van der Waals surface area contributed by atoms with Crippen LogP contribution in [0.5, 0.6) is 0 Å². The molecule has 1 saturated carbocycles. The van der Waals surface area contributed by atoms with E-state index < -0.39 is 0 Å². The molecule has 0 aliphatic heterocycles. The first-order valence-corrected chi connectivity index (χ1v) is 9.77. The lowest BCUT2D eigenvalue weighted by Gasteiger charge is -2.35. The van der Waals surface area contributed by atoms with Gasteiger partial charge in [-0.2, -0.15) is 0 Å². The van der Waals surface area contributed by atoms with Crippen LogP contribution in [0.15, 0.2) is 48.5 Å². The molecule has 3 rings (SSSR count). The Hall–Kier alpha value is -2.07. The van der Waals surface area contributed by atoms with Crippen molar-refractivity contribution in [2.24, 2.45) is 0 Å². The Balaban J connectivity index is 1.40. The van der Waals surface area contributed by atoms with E-state index in [1.807, 2.05) is 12.1 Å². The molecule has 27 heavy (non-hydrogen) atoms. The first kappa shape index (κ1) is 19.7. The quantitative estimate of drug-likeness (QED) is 0.592. The predicted octanol–water partition coefficient (Wildman–Crippen LogP) is 5.59. The monoisotopic (exact) mass is 371 g/mol. The molecule has 4 heteroatoms. The van der Waals surface area contributed by atoms with Gasteiger partial charge in [-0.15, -0.1) is 0 Å². The molecule has 1 aliphatic carbocycles. The lowest BCUT2D eigenvalue weighted by atomic mass is 9.81. The van der Waals surface area contributed by atoms with Crippen LogP contribution in [0.2, 0.25) is 0 Å². The molecular formula is C23H27F2NO. The van der Waals surface area contributed by atoms with Crippen LogP contribution in [0.4, 0.5) is 8.78 Å². The van der Waals surface area contributed by atoms with E-state index in [1.165, 1.54) is 17.7 Å². The van der Waals surface area contributed by atoms with Gasteiger partial charge in [0.2, 0.25) is 0 Å². The van der Waals surface area contributed by atoms with Crippen molar-refractivity contribution in [2.45, 2.75) is 50.5 Å². The molecule has 0 radical (unpaired) electrons. The number of nitrogens with zero attached hydrogens (tertiary/aromatic N) is 1. The van der Waals surface area contributed by atoms with Crippen LogP contribution in [0, 0.1) is 11.6 Å². The van der Waals surface area contributed by atoms with E-state index in [1.54, 1.807) is 24.3 Å². The molecule has 0 amide bonds. The van der Waals surface area contributed by atoms with Gasteiger partial charge in [-0.1, -0.05) is 12.1 Å². The fourth-order valence-electron chi connectivity index (χ4n) is 4.04. The van der Waals surface area contributed by atoms with Gasteiger partial charge in [0.1, 0.15) is 11.6 Å². The maximum Gasteiger partial charge on any atom is 0.162 e. The fraction of sp³-hybridized carbons (Fsp3) is 0.435. The molecule has 1 aliphatic rings. The van der Waals surface area contributed by atoms with Crippen LogP contribution in [0.1, 0.15) is 60.4 Å². The van der Waals surface area contributed by atoms with E-state index >= 15 is 0 Å². The zero-order valence-electron chi connectivity index (χ0n) is 15.8. The number of carbonyl (C=O) groups is 1. The maximum absolute atomic E-state index is 13.1. The van der Waals surface area contributed by atoms with Crippen LogP contribution in [0.3, 0.4) is 0 Å². The molecule has 0 unspecified atom stereocenters. The molecular weight excluding hydrogens is 344 g/mol. The van der Waals surface area contributed by atoms with E-state index in [4.69, 9.17) is 0 Å². The minimum absolute atomic E-state index is 0.0726. The summed E-state index contributed by atoms with van der Waals surface area (Å²) in [5, 5.41) is 0. The molecule has 0 N–H and O–H groups in total. The summed E-state index contributed by atoms with van der Waals surface area (Å²) < 4.78 is 26.0. The van der Waals surface area contributed by atoms with E-state index in [-0.39, 0.29) is 17.4 Å². The number of rotatable bonds is 7. The molecule has 0 atom stereocenters. The second-order valence-electron chi connectivity index (χ2n) is 7.57. The van der Waals surface area contributed by atoms with Gasteiger partial charge >= 0.3 is 0 Å². The van der Waals surface area contributed by atoms with Crippen molar-refractivity contribution in [3.05, 3.63) is 71.3 Å². The van der Waals surface area contributed by atoms with Crippen molar-refractivity contribution in [3.8, 4) is 0 Å². The Bertz CT molecular complexity index is 734. The molecule has 2 aromatic carbocycles. The molecule has 2 nitrogen and oxygen atoms in total. The second kappa shape index (κ2) is 9.23. The number of carbonyl (C=O) groups excluding carboxylic acids is 1. The molecule has 1 fully saturated rings. The minimum Gasteiger partial charge on any atom is -0.303 e. The largest absolute Gasteiger partial charge is 0.303 e. The van der Waals surface area contributed by atoms with Gasteiger partial charge in [-0.25, -0.2) is 8.78 Å². The highest BCUT2D eigenvalue weighted by molar-refractivity contribution is 5.95. The van der Waals surface area contributed by atoms with E-state index in [0.29, 0.717) is 23.9 Å². The van der Waals surface area contributed by atoms with Gasteiger partial charge in [0, 0.05) is 18.0 Å². The molecule has 0 aromatic heterocycles. The summed E-state index contributed by atoms with van der Waals surface area (Å²) in [4.78, 5) is 14.5. The van der Waals surface area contributed by atoms with E-state index in [0.717, 1.165) is 38.6 Å². The first-order chi connectivity index (χ1) is 13.0. The highest BCUT2D eigenvalue weighted by atomic mass is 19.1. The Kier molecular flexibility index (Phi) is 6.73. The lowest BCUT2D eigenvalue weighted by molar-refractivity contribution is 0.0970.